The minimum Gasteiger partial charge on any atom is -0.488 e. The third kappa shape index (κ3) is 4.94. The molecule has 2 unspecified atom stereocenters. The molecule has 3 heteroatoms. The maximum Gasteiger partial charge on any atom is 0.127 e. The van der Waals surface area contributed by atoms with Gasteiger partial charge in [0.1, 0.15) is 12.4 Å². The SMILES string of the molecule is CPCc1cccc(C)c1Pc1cc(C)ccc1OCc1ccccc1. The molecule has 0 bridgehead atoms. The highest BCUT2D eigenvalue weighted by Crippen LogP contribution is 2.26. The second-order valence-corrected chi connectivity index (χ2v) is 8.89. The van der Waals surface area contributed by atoms with Crippen LogP contribution >= 0.6 is 17.2 Å². The van der Waals surface area contributed by atoms with Gasteiger partial charge >= 0.3 is 0 Å². The average molecular weight is 380 g/mol. The first kappa shape index (κ1) is 19.1. The van der Waals surface area contributed by atoms with Crippen LogP contribution < -0.4 is 15.3 Å². The van der Waals surface area contributed by atoms with E-state index in [1.807, 2.05) is 6.07 Å². The lowest BCUT2D eigenvalue weighted by molar-refractivity contribution is 0.309. The molecule has 0 spiro atoms. The highest BCUT2D eigenvalue weighted by atomic mass is 31.1. The summed E-state index contributed by atoms with van der Waals surface area (Å²) in [5.41, 5.74) is 5.35. The van der Waals surface area contributed by atoms with E-state index in [1.165, 1.54) is 32.9 Å². The van der Waals surface area contributed by atoms with Gasteiger partial charge < -0.3 is 4.74 Å². The van der Waals surface area contributed by atoms with Crippen molar-refractivity contribution in [1.29, 1.82) is 0 Å². The first-order chi connectivity index (χ1) is 12.7. The van der Waals surface area contributed by atoms with Crippen LogP contribution in [-0.2, 0) is 12.8 Å². The van der Waals surface area contributed by atoms with Gasteiger partial charge in [-0.15, -0.1) is 8.58 Å². The second-order valence-electron chi connectivity index (χ2n) is 6.54. The maximum absolute atomic E-state index is 6.20. The summed E-state index contributed by atoms with van der Waals surface area (Å²) in [7, 11) is 1.56. The van der Waals surface area contributed by atoms with Crippen LogP contribution in [0.5, 0.6) is 5.75 Å². The van der Waals surface area contributed by atoms with Gasteiger partial charge in [0, 0.05) is 5.30 Å². The Labute approximate surface area is 160 Å². The van der Waals surface area contributed by atoms with Gasteiger partial charge in [-0.3, -0.25) is 0 Å². The van der Waals surface area contributed by atoms with Crippen molar-refractivity contribution in [3.8, 4) is 5.75 Å². The molecule has 1 nitrogen and oxygen atoms in total. The van der Waals surface area contributed by atoms with E-state index in [1.54, 1.807) is 0 Å². The third-order valence-electron chi connectivity index (χ3n) is 4.36. The minimum absolute atomic E-state index is 0.609. The molecule has 3 aromatic carbocycles. The van der Waals surface area contributed by atoms with Gasteiger partial charge in [-0.25, -0.2) is 0 Å². The fourth-order valence-corrected chi connectivity index (χ4v) is 5.30. The number of hydrogen-bond donors (Lipinski definition) is 0. The maximum atomic E-state index is 6.20. The molecule has 0 aliphatic heterocycles. The Morgan fingerprint density at radius 3 is 2.46 bits per heavy atom. The molecule has 0 radical (unpaired) electrons. The molecule has 2 atom stereocenters. The highest BCUT2D eigenvalue weighted by Gasteiger charge is 2.11. The van der Waals surface area contributed by atoms with Crippen LogP contribution in [0.4, 0.5) is 0 Å². The summed E-state index contributed by atoms with van der Waals surface area (Å²) < 4.78 is 6.20. The Morgan fingerprint density at radius 1 is 0.885 bits per heavy atom. The predicted molar refractivity (Wildman–Crippen MR) is 119 cm³/mol. The van der Waals surface area contributed by atoms with E-state index in [0.29, 0.717) is 15.2 Å². The topological polar surface area (TPSA) is 9.23 Å². The van der Waals surface area contributed by atoms with Crippen LogP contribution in [0.25, 0.3) is 0 Å². The Bertz CT molecular complexity index is 859. The molecular formula is C23H26OP2. The van der Waals surface area contributed by atoms with E-state index in [2.05, 4.69) is 81.2 Å². The van der Waals surface area contributed by atoms with Crippen molar-refractivity contribution in [2.24, 2.45) is 0 Å². The van der Waals surface area contributed by atoms with Crippen LogP contribution in [0.3, 0.4) is 0 Å². The van der Waals surface area contributed by atoms with Crippen molar-refractivity contribution < 1.29 is 4.74 Å². The zero-order valence-electron chi connectivity index (χ0n) is 15.7. The van der Waals surface area contributed by atoms with Crippen LogP contribution in [-0.4, -0.2) is 6.66 Å². The first-order valence-electron chi connectivity index (χ1n) is 8.95. The van der Waals surface area contributed by atoms with E-state index in [4.69, 9.17) is 4.74 Å². The molecule has 0 saturated carbocycles. The van der Waals surface area contributed by atoms with E-state index >= 15 is 0 Å². The Morgan fingerprint density at radius 2 is 1.69 bits per heavy atom. The average Bonchev–Trinajstić information content (AvgIpc) is 2.65. The van der Waals surface area contributed by atoms with Crippen molar-refractivity contribution in [1.82, 2.24) is 0 Å². The monoisotopic (exact) mass is 380 g/mol. The smallest absolute Gasteiger partial charge is 0.127 e. The Balaban J connectivity index is 1.87. The molecule has 0 fully saturated rings. The molecule has 0 aliphatic rings. The van der Waals surface area contributed by atoms with Gasteiger partial charge in [-0.2, -0.15) is 0 Å². The summed E-state index contributed by atoms with van der Waals surface area (Å²) in [6.07, 6.45) is 1.16. The summed E-state index contributed by atoms with van der Waals surface area (Å²) >= 11 is 0. The van der Waals surface area contributed by atoms with Gasteiger partial charge in [-0.05, 0) is 60.8 Å². The molecule has 0 saturated heterocycles. The quantitative estimate of drug-likeness (QED) is 0.504. The third-order valence-corrected chi connectivity index (χ3v) is 6.72. The van der Waals surface area contributed by atoms with Gasteiger partial charge in [0.05, 0.1) is 0 Å². The molecule has 3 rings (SSSR count). The lowest BCUT2D eigenvalue weighted by Gasteiger charge is -2.16. The van der Waals surface area contributed by atoms with Crippen molar-refractivity contribution in [2.75, 3.05) is 6.66 Å². The largest absolute Gasteiger partial charge is 0.488 e. The molecule has 0 aliphatic carbocycles. The summed E-state index contributed by atoms with van der Waals surface area (Å²) in [6.45, 7) is 7.26. The number of hydrogen-bond acceptors (Lipinski definition) is 1. The zero-order chi connectivity index (χ0) is 18.4. The molecule has 0 aromatic heterocycles. The van der Waals surface area contributed by atoms with Crippen LogP contribution in [0, 0.1) is 13.8 Å². The molecule has 0 heterocycles. The molecule has 26 heavy (non-hydrogen) atoms. The van der Waals surface area contributed by atoms with Crippen LogP contribution in [0.15, 0.2) is 66.7 Å². The predicted octanol–water partition coefficient (Wildman–Crippen LogP) is 5.32. The summed E-state index contributed by atoms with van der Waals surface area (Å²) in [6, 6.07) is 23.6. The number of rotatable bonds is 7. The van der Waals surface area contributed by atoms with Gasteiger partial charge in [0.25, 0.3) is 0 Å². The second kappa shape index (κ2) is 9.31. The lowest BCUT2D eigenvalue weighted by Crippen LogP contribution is -2.14. The van der Waals surface area contributed by atoms with Gasteiger partial charge in [0.2, 0.25) is 0 Å². The first-order valence-corrected chi connectivity index (χ1v) is 11.7. The molecule has 3 aromatic rings. The van der Waals surface area contributed by atoms with Crippen molar-refractivity contribution in [2.45, 2.75) is 26.6 Å². The Kier molecular flexibility index (Phi) is 6.84. The normalized spacial score (nSPS) is 11.7. The van der Waals surface area contributed by atoms with E-state index in [0.717, 1.165) is 20.5 Å². The summed E-state index contributed by atoms with van der Waals surface area (Å²) in [4.78, 5) is 0. The molecule has 0 N–H and O–H groups in total. The fourth-order valence-electron chi connectivity index (χ4n) is 2.98. The fraction of sp³-hybridized carbons (Fsp3) is 0.217. The Hall–Kier alpha value is -1.68. The van der Waals surface area contributed by atoms with Crippen LogP contribution in [0.2, 0.25) is 0 Å². The van der Waals surface area contributed by atoms with E-state index < -0.39 is 0 Å². The van der Waals surface area contributed by atoms with E-state index in [9.17, 15) is 0 Å². The number of ether oxygens (including phenoxy) is 1. The zero-order valence-corrected chi connectivity index (χ0v) is 17.7. The molecule has 134 valence electrons. The van der Waals surface area contributed by atoms with E-state index in [-0.39, 0.29) is 0 Å². The summed E-state index contributed by atoms with van der Waals surface area (Å²) in [5, 5.41) is 2.79. The van der Waals surface area contributed by atoms with Crippen molar-refractivity contribution in [3.63, 3.8) is 0 Å². The number of benzene rings is 3. The van der Waals surface area contributed by atoms with Crippen LogP contribution in [0.1, 0.15) is 22.3 Å². The van der Waals surface area contributed by atoms with Gasteiger partial charge in [0.15, 0.2) is 0 Å². The highest BCUT2D eigenvalue weighted by molar-refractivity contribution is 7.56. The standard InChI is InChI=1S/C23H26OP2/c1-17-12-13-21(24-15-19-9-5-4-6-10-19)22(14-17)26-23-18(2)8-7-11-20(23)16-25-3/h4-14,25-26H,15-16H2,1-3H3. The number of aryl methyl sites for hydroxylation is 2. The van der Waals surface area contributed by atoms with Crippen molar-refractivity contribution in [3.05, 3.63) is 89.0 Å². The van der Waals surface area contributed by atoms with Crippen molar-refractivity contribution >= 4 is 27.8 Å². The minimum atomic E-state index is 0.609. The summed E-state index contributed by atoms with van der Waals surface area (Å²) in [5.74, 6) is 1.01. The molecule has 0 amide bonds. The molecular weight excluding hydrogens is 354 g/mol. The lowest BCUT2D eigenvalue weighted by atomic mass is 10.1. The van der Waals surface area contributed by atoms with Gasteiger partial charge in [-0.1, -0.05) is 68.7 Å².